The van der Waals surface area contributed by atoms with E-state index in [9.17, 15) is 4.79 Å². The second kappa shape index (κ2) is 6.65. The SMILES string of the molecule is CCC(C)N(Cc1ccccc1)C(=O)C(C)Cl. The van der Waals surface area contributed by atoms with E-state index in [1.807, 2.05) is 35.2 Å². The summed E-state index contributed by atoms with van der Waals surface area (Å²) in [6.07, 6.45) is 0.933. The highest BCUT2D eigenvalue weighted by atomic mass is 35.5. The first-order chi connectivity index (χ1) is 8.06. The molecule has 0 bridgehead atoms. The summed E-state index contributed by atoms with van der Waals surface area (Å²) >= 11 is 5.90. The Bertz CT molecular complexity index is 350. The molecule has 0 aliphatic heterocycles. The molecule has 0 saturated carbocycles. The van der Waals surface area contributed by atoms with Gasteiger partial charge in [-0.05, 0) is 25.8 Å². The number of alkyl halides is 1. The monoisotopic (exact) mass is 253 g/mol. The van der Waals surface area contributed by atoms with Gasteiger partial charge in [-0.15, -0.1) is 11.6 Å². The number of carbonyl (C=O) groups excluding carboxylic acids is 1. The van der Waals surface area contributed by atoms with Crippen LogP contribution in [0.3, 0.4) is 0 Å². The van der Waals surface area contributed by atoms with Crippen LogP contribution in [0.15, 0.2) is 30.3 Å². The van der Waals surface area contributed by atoms with Crippen LogP contribution in [0.1, 0.15) is 32.8 Å². The first kappa shape index (κ1) is 14.0. The van der Waals surface area contributed by atoms with Gasteiger partial charge in [0.1, 0.15) is 5.38 Å². The molecule has 0 radical (unpaired) electrons. The van der Waals surface area contributed by atoms with Crippen LogP contribution < -0.4 is 0 Å². The molecule has 0 aliphatic rings. The van der Waals surface area contributed by atoms with Crippen LogP contribution in [0.25, 0.3) is 0 Å². The Labute approximate surface area is 109 Å². The lowest BCUT2D eigenvalue weighted by molar-refractivity contribution is -0.133. The van der Waals surface area contributed by atoms with Gasteiger partial charge in [-0.25, -0.2) is 0 Å². The lowest BCUT2D eigenvalue weighted by atomic mass is 10.1. The van der Waals surface area contributed by atoms with Gasteiger partial charge in [0.05, 0.1) is 0 Å². The first-order valence-corrected chi connectivity index (χ1v) is 6.48. The number of carbonyl (C=O) groups is 1. The molecule has 2 atom stereocenters. The van der Waals surface area contributed by atoms with Gasteiger partial charge in [-0.2, -0.15) is 0 Å². The molecule has 0 fully saturated rings. The summed E-state index contributed by atoms with van der Waals surface area (Å²) in [7, 11) is 0. The Morgan fingerprint density at radius 1 is 1.29 bits per heavy atom. The van der Waals surface area contributed by atoms with Crippen LogP contribution >= 0.6 is 11.6 Å². The Balaban J connectivity index is 2.81. The number of rotatable bonds is 5. The fourth-order valence-corrected chi connectivity index (χ4v) is 1.81. The van der Waals surface area contributed by atoms with Gasteiger partial charge in [0.25, 0.3) is 0 Å². The molecule has 2 unspecified atom stereocenters. The Morgan fingerprint density at radius 2 is 1.88 bits per heavy atom. The molecule has 0 saturated heterocycles. The van der Waals surface area contributed by atoms with E-state index in [4.69, 9.17) is 11.6 Å². The lowest BCUT2D eigenvalue weighted by Crippen LogP contribution is -2.41. The van der Waals surface area contributed by atoms with Crippen molar-refractivity contribution in [1.82, 2.24) is 4.90 Å². The molecule has 94 valence electrons. The molecule has 1 rings (SSSR count). The van der Waals surface area contributed by atoms with Gasteiger partial charge in [0.15, 0.2) is 0 Å². The molecule has 0 aromatic heterocycles. The predicted molar refractivity (Wildman–Crippen MR) is 72.1 cm³/mol. The van der Waals surface area contributed by atoms with Crippen molar-refractivity contribution >= 4 is 17.5 Å². The van der Waals surface area contributed by atoms with Crippen LogP contribution in [0.4, 0.5) is 0 Å². The quantitative estimate of drug-likeness (QED) is 0.736. The minimum absolute atomic E-state index is 0.00451. The van der Waals surface area contributed by atoms with Crippen molar-refractivity contribution in [2.45, 2.75) is 45.2 Å². The molecule has 1 amide bonds. The molecular weight excluding hydrogens is 234 g/mol. The third-order valence-corrected chi connectivity index (χ3v) is 3.13. The van der Waals surface area contributed by atoms with Crippen molar-refractivity contribution in [1.29, 1.82) is 0 Å². The highest BCUT2D eigenvalue weighted by Gasteiger charge is 2.22. The molecule has 1 aromatic rings. The van der Waals surface area contributed by atoms with Crippen molar-refractivity contribution in [3.63, 3.8) is 0 Å². The standard InChI is InChI=1S/C14H20ClNO/c1-4-11(2)16(14(17)12(3)15)10-13-8-6-5-7-9-13/h5-9,11-12H,4,10H2,1-3H3. The number of benzene rings is 1. The van der Waals surface area contributed by atoms with Gasteiger partial charge < -0.3 is 4.90 Å². The summed E-state index contributed by atoms with van der Waals surface area (Å²) in [4.78, 5) is 13.9. The maximum atomic E-state index is 12.0. The zero-order valence-electron chi connectivity index (χ0n) is 10.7. The average Bonchev–Trinajstić information content (AvgIpc) is 2.35. The number of halogens is 1. The maximum Gasteiger partial charge on any atom is 0.240 e. The van der Waals surface area contributed by atoms with E-state index < -0.39 is 5.38 Å². The summed E-state index contributed by atoms with van der Waals surface area (Å²) in [6, 6.07) is 10.2. The first-order valence-electron chi connectivity index (χ1n) is 6.04. The number of hydrogen-bond donors (Lipinski definition) is 0. The molecule has 17 heavy (non-hydrogen) atoms. The second-order valence-electron chi connectivity index (χ2n) is 4.33. The van der Waals surface area contributed by atoms with E-state index in [-0.39, 0.29) is 11.9 Å². The van der Waals surface area contributed by atoms with E-state index in [1.54, 1.807) is 6.92 Å². The summed E-state index contributed by atoms with van der Waals surface area (Å²) in [6.45, 7) is 6.49. The lowest BCUT2D eigenvalue weighted by Gasteiger charge is -2.29. The number of nitrogens with zero attached hydrogens (tertiary/aromatic N) is 1. The molecule has 1 aromatic carbocycles. The van der Waals surface area contributed by atoms with Crippen molar-refractivity contribution in [3.05, 3.63) is 35.9 Å². The molecule has 0 aliphatic carbocycles. The average molecular weight is 254 g/mol. The highest BCUT2D eigenvalue weighted by Crippen LogP contribution is 2.14. The summed E-state index contributed by atoms with van der Waals surface area (Å²) in [5.74, 6) is 0.00451. The summed E-state index contributed by atoms with van der Waals surface area (Å²) in [5.41, 5.74) is 1.14. The largest absolute Gasteiger partial charge is 0.334 e. The predicted octanol–water partition coefficient (Wildman–Crippen LogP) is 3.44. The van der Waals surface area contributed by atoms with Crippen LogP contribution in [-0.4, -0.2) is 22.2 Å². The number of amides is 1. The Morgan fingerprint density at radius 3 is 2.35 bits per heavy atom. The van der Waals surface area contributed by atoms with Crippen LogP contribution in [0.5, 0.6) is 0 Å². The fourth-order valence-electron chi connectivity index (χ4n) is 1.68. The zero-order chi connectivity index (χ0) is 12.8. The zero-order valence-corrected chi connectivity index (χ0v) is 11.4. The van der Waals surface area contributed by atoms with Crippen molar-refractivity contribution in [3.8, 4) is 0 Å². The number of hydrogen-bond acceptors (Lipinski definition) is 1. The Hall–Kier alpha value is -1.02. The van der Waals surface area contributed by atoms with E-state index in [0.29, 0.717) is 6.54 Å². The van der Waals surface area contributed by atoms with Crippen molar-refractivity contribution < 1.29 is 4.79 Å². The maximum absolute atomic E-state index is 12.0. The topological polar surface area (TPSA) is 20.3 Å². The van der Waals surface area contributed by atoms with Crippen LogP contribution in [0.2, 0.25) is 0 Å². The van der Waals surface area contributed by atoms with E-state index in [0.717, 1.165) is 12.0 Å². The summed E-state index contributed by atoms with van der Waals surface area (Å²) in [5, 5.41) is -0.465. The normalized spacial score (nSPS) is 14.1. The van der Waals surface area contributed by atoms with Gasteiger partial charge in [0, 0.05) is 12.6 Å². The Kier molecular flexibility index (Phi) is 5.49. The smallest absolute Gasteiger partial charge is 0.240 e. The van der Waals surface area contributed by atoms with Crippen LogP contribution in [0, 0.1) is 0 Å². The highest BCUT2D eigenvalue weighted by molar-refractivity contribution is 6.30. The minimum Gasteiger partial charge on any atom is -0.334 e. The summed E-state index contributed by atoms with van der Waals surface area (Å²) < 4.78 is 0. The van der Waals surface area contributed by atoms with Crippen molar-refractivity contribution in [2.24, 2.45) is 0 Å². The van der Waals surface area contributed by atoms with Gasteiger partial charge in [-0.3, -0.25) is 4.79 Å². The van der Waals surface area contributed by atoms with Gasteiger partial charge in [-0.1, -0.05) is 37.3 Å². The molecule has 0 spiro atoms. The molecule has 2 nitrogen and oxygen atoms in total. The third-order valence-electron chi connectivity index (χ3n) is 2.94. The van der Waals surface area contributed by atoms with Gasteiger partial charge >= 0.3 is 0 Å². The van der Waals surface area contributed by atoms with Crippen LogP contribution in [-0.2, 0) is 11.3 Å². The van der Waals surface area contributed by atoms with Gasteiger partial charge in [0.2, 0.25) is 5.91 Å². The van der Waals surface area contributed by atoms with Crippen molar-refractivity contribution in [2.75, 3.05) is 0 Å². The minimum atomic E-state index is -0.465. The fraction of sp³-hybridized carbons (Fsp3) is 0.500. The molecule has 0 heterocycles. The molecular formula is C14H20ClNO. The van der Waals surface area contributed by atoms with E-state index in [1.165, 1.54) is 0 Å². The second-order valence-corrected chi connectivity index (χ2v) is 4.98. The third kappa shape index (κ3) is 4.04. The van der Waals surface area contributed by atoms with E-state index in [2.05, 4.69) is 13.8 Å². The van der Waals surface area contributed by atoms with E-state index >= 15 is 0 Å². The molecule has 3 heteroatoms. The molecule has 0 N–H and O–H groups in total.